The maximum Gasteiger partial charge on any atom is 0.287 e. The lowest BCUT2D eigenvalue weighted by Gasteiger charge is -2.57. The van der Waals surface area contributed by atoms with Crippen molar-refractivity contribution < 1.29 is 4.79 Å². The van der Waals surface area contributed by atoms with Crippen molar-refractivity contribution in [3.05, 3.63) is 24.0 Å². The number of nitrogens with zero attached hydrogens (tertiary/aromatic N) is 1. The smallest absolute Gasteiger partial charge is 0.287 e. The summed E-state index contributed by atoms with van der Waals surface area (Å²) >= 11 is 0. The predicted molar refractivity (Wildman–Crippen MR) is 86.6 cm³/mol. The average molecular weight is 299 g/mol. The molecule has 22 heavy (non-hydrogen) atoms. The number of carbonyl (C=O) groups excluding carboxylic acids is 1. The molecule has 0 spiro atoms. The normalized spacial score (nSPS) is 36.6. The zero-order valence-electron chi connectivity index (χ0n) is 13.3. The molecule has 0 saturated heterocycles. The minimum atomic E-state index is -0.158. The Balaban J connectivity index is 1.40. The summed E-state index contributed by atoms with van der Waals surface area (Å²) in [6, 6.07) is 3.58. The van der Waals surface area contributed by atoms with E-state index in [1.165, 1.54) is 38.5 Å². The van der Waals surface area contributed by atoms with Crippen molar-refractivity contribution in [1.82, 2.24) is 10.4 Å². The summed E-state index contributed by atoms with van der Waals surface area (Å²) in [7, 11) is 0. The Morgan fingerprint density at radius 2 is 1.91 bits per heavy atom. The third-order valence-electron chi connectivity index (χ3n) is 5.99. The highest BCUT2D eigenvalue weighted by Crippen LogP contribution is 2.61. The zero-order valence-corrected chi connectivity index (χ0v) is 13.3. The van der Waals surface area contributed by atoms with Gasteiger partial charge in [0.05, 0.1) is 0 Å². The minimum absolute atomic E-state index is 0.158. The molecule has 1 amide bonds. The Bertz CT molecular complexity index is 552. The molecule has 0 atom stereocenters. The second-order valence-corrected chi connectivity index (χ2v) is 7.97. The van der Waals surface area contributed by atoms with Gasteiger partial charge in [-0.05, 0) is 87.2 Å². The minimum Gasteiger partial charge on any atom is -0.357 e. The van der Waals surface area contributed by atoms with Gasteiger partial charge in [-0.1, -0.05) is 0 Å². The summed E-state index contributed by atoms with van der Waals surface area (Å²) in [5.41, 5.74) is 4.80. The predicted octanol–water partition coefficient (Wildman–Crippen LogP) is 3.73. The Morgan fingerprint density at radius 1 is 1.27 bits per heavy atom. The summed E-state index contributed by atoms with van der Waals surface area (Å²) in [6.07, 6.45) is 11.4. The molecule has 5 rings (SSSR count). The number of rotatable bonds is 4. The molecule has 4 aliphatic rings. The standard InChI is InChI=1S/C18H25N3O/c1-12(20-21-17(22)16-3-2-4-19-16)8-18-9-13-5-14(10-18)7-15(6-13)11-18/h2-4,13-15,19H,5-11H2,1H3,(H,21,22)/b20-12-. The van der Waals surface area contributed by atoms with Crippen LogP contribution in [0.4, 0.5) is 0 Å². The van der Waals surface area contributed by atoms with Crippen LogP contribution in [0.15, 0.2) is 23.4 Å². The molecule has 118 valence electrons. The fourth-order valence-corrected chi connectivity index (χ4v) is 5.77. The maximum absolute atomic E-state index is 11.9. The summed E-state index contributed by atoms with van der Waals surface area (Å²) < 4.78 is 0. The van der Waals surface area contributed by atoms with Crippen molar-refractivity contribution in [2.75, 3.05) is 0 Å². The monoisotopic (exact) mass is 299 g/mol. The second-order valence-electron chi connectivity index (χ2n) is 7.97. The number of aromatic nitrogens is 1. The van der Waals surface area contributed by atoms with Gasteiger partial charge in [-0.25, -0.2) is 5.43 Å². The van der Waals surface area contributed by atoms with Crippen LogP contribution in [0.25, 0.3) is 0 Å². The number of aromatic amines is 1. The van der Waals surface area contributed by atoms with E-state index < -0.39 is 0 Å². The van der Waals surface area contributed by atoms with E-state index in [0.717, 1.165) is 29.9 Å². The molecule has 4 aliphatic carbocycles. The van der Waals surface area contributed by atoms with Crippen LogP contribution in [0.3, 0.4) is 0 Å². The first-order valence-corrected chi connectivity index (χ1v) is 8.59. The van der Waals surface area contributed by atoms with Gasteiger partial charge in [-0.15, -0.1) is 0 Å². The summed E-state index contributed by atoms with van der Waals surface area (Å²) in [5, 5.41) is 4.35. The van der Waals surface area contributed by atoms with Gasteiger partial charge in [0.2, 0.25) is 0 Å². The highest BCUT2D eigenvalue weighted by atomic mass is 16.2. The summed E-state index contributed by atoms with van der Waals surface area (Å²) in [4.78, 5) is 14.8. The first-order chi connectivity index (χ1) is 10.6. The molecule has 1 aromatic rings. The van der Waals surface area contributed by atoms with E-state index in [-0.39, 0.29) is 5.91 Å². The van der Waals surface area contributed by atoms with Crippen LogP contribution in [0.2, 0.25) is 0 Å². The van der Waals surface area contributed by atoms with Crippen LogP contribution in [0.5, 0.6) is 0 Å². The second kappa shape index (κ2) is 5.25. The topological polar surface area (TPSA) is 57.2 Å². The third-order valence-corrected chi connectivity index (χ3v) is 5.99. The lowest BCUT2D eigenvalue weighted by Crippen LogP contribution is -2.46. The number of hydrogen-bond donors (Lipinski definition) is 2. The largest absolute Gasteiger partial charge is 0.357 e. The maximum atomic E-state index is 11.9. The molecule has 4 heteroatoms. The van der Waals surface area contributed by atoms with Crippen LogP contribution in [-0.4, -0.2) is 16.6 Å². The van der Waals surface area contributed by atoms with Gasteiger partial charge in [0.25, 0.3) is 5.91 Å². The van der Waals surface area contributed by atoms with E-state index in [1.54, 1.807) is 12.3 Å². The highest BCUT2D eigenvalue weighted by Gasteiger charge is 2.50. The van der Waals surface area contributed by atoms with E-state index in [4.69, 9.17) is 0 Å². The molecule has 4 saturated carbocycles. The van der Waals surface area contributed by atoms with Gasteiger partial charge in [-0.2, -0.15) is 5.10 Å². The molecule has 1 aromatic heterocycles. The van der Waals surface area contributed by atoms with Crippen LogP contribution in [-0.2, 0) is 0 Å². The summed E-state index contributed by atoms with van der Waals surface area (Å²) in [6.45, 7) is 2.06. The molecule has 4 nitrogen and oxygen atoms in total. The third kappa shape index (κ3) is 2.59. The van der Waals surface area contributed by atoms with Crippen molar-refractivity contribution in [2.24, 2.45) is 28.3 Å². The Morgan fingerprint density at radius 3 is 2.45 bits per heavy atom. The number of nitrogens with one attached hydrogen (secondary N) is 2. The average Bonchev–Trinajstić information content (AvgIpc) is 2.97. The first kappa shape index (κ1) is 14.0. The molecule has 0 unspecified atom stereocenters. The number of carbonyl (C=O) groups is 1. The number of hydrazone groups is 1. The lowest BCUT2D eigenvalue weighted by atomic mass is 9.48. The molecule has 1 heterocycles. The lowest BCUT2D eigenvalue weighted by molar-refractivity contribution is -0.0482. The number of hydrogen-bond acceptors (Lipinski definition) is 2. The summed E-state index contributed by atoms with van der Waals surface area (Å²) in [5.74, 6) is 2.74. The Hall–Kier alpha value is -1.58. The first-order valence-electron chi connectivity index (χ1n) is 8.59. The van der Waals surface area contributed by atoms with Crippen LogP contribution >= 0.6 is 0 Å². The van der Waals surface area contributed by atoms with Crippen LogP contribution < -0.4 is 5.43 Å². The van der Waals surface area contributed by atoms with Gasteiger partial charge >= 0.3 is 0 Å². The quantitative estimate of drug-likeness (QED) is 0.646. The van der Waals surface area contributed by atoms with Gasteiger partial charge in [-0.3, -0.25) is 4.79 Å². The van der Waals surface area contributed by atoms with Gasteiger partial charge in [0, 0.05) is 11.9 Å². The SMILES string of the molecule is C/C(CC12CC3CC(CC(C3)C1)C2)=N/NC(=O)c1ccc[nH]1. The van der Waals surface area contributed by atoms with Crippen molar-refractivity contribution in [1.29, 1.82) is 0 Å². The molecule has 0 aliphatic heterocycles. The van der Waals surface area contributed by atoms with E-state index in [0.29, 0.717) is 11.1 Å². The Labute approximate surface area is 131 Å². The molecular weight excluding hydrogens is 274 g/mol. The van der Waals surface area contributed by atoms with Crippen molar-refractivity contribution in [3.8, 4) is 0 Å². The zero-order chi connectivity index (χ0) is 15.2. The van der Waals surface area contributed by atoms with E-state index in [1.807, 2.05) is 6.07 Å². The fourth-order valence-electron chi connectivity index (χ4n) is 5.77. The van der Waals surface area contributed by atoms with Gasteiger partial charge < -0.3 is 4.98 Å². The molecular formula is C18H25N3O. The fraction of sp³-hybridized carbons (Fsp3) is 0.667. The van der Waals surface area contributed by atoms with E-state index in [2.05, 4.69) is 22.4 Å². The van der Waals surface area contributed by atoms with Crippen molar-refractivity contribution in [2.45, 2.75) is 51.9 Å². The van der Waals surface area contributed by atoms with Crippen LogP contribution in [0.1, 0.15) is 62.4 Å². The van der Waals surface area contributed by atoms with Crippen molar-refractivity contribution in [3.63, 3.8) is 0 Å². The molecule has 4 fully saturated rings. The van der Waals surface area contributed by atoms with Crippen LogP contribution in [0, 0.1) is 23.2 Å². The van der Waals surface area contributed by atoms with Gasteiger partial charge in [0.15, 0.2) is 0 Å². The Kier molecular flexibility index (Phi) is 3.35. The van der Waals surface area contributed by atoms with Gasteiger partial charge in [0.1, 0.15) is 5.69 Å². The number of amides is 1. The number of H-pyrrole nitrogens is 1. The van der Waals surface area contributed by atoms with E-state index >= 15 is 0 Å². The molecule has 4 bridgehead atoms. The molecule has 0 radical (unpaired) electrons. The molecule has 0 aromatic carbocycles. The molecule has 2 N–H and O–H groups in total. The van der Waals surface area contributed by atoms with E-state index in [9.17, 15) is 4.79 Å². The van der Waals surface area contributed by atoms with Crippen molar-refractivity contribution >= 4 is 11.6 Å². The highest BCUT2D eigenvalue weighted by molar-refractivity contribution is 5.93.